The van der Waals surface area contributed by atoms with Crippen molar-refractivity contribution in [2.75, 3.05) is 0 Å². The zero-order valence-electron chi connectivity index (χ0n) is 14.4. The summed E-state index contributed by atoms with van der Waals surface area (Å²) in [5.41, 5.74) is 2.50. The van der Waals surface area contributed by atoms with Gasteiger partial charge in [0.1, 0.15) is 0 Å². The van der Waals surface area contributed by atoms with Crippen LogP contribution in [0.2, 0.25) is 0 Å². The van der Waals surface area contributed by atoms with E-state index in [0.717, 1.165) is 0 Å². The summed E-state index contributed by atoms with van der Waals surface area (Å²) >= 11 is 3.57. The summed E-state index contributed by atoms with van der Waals surface area (Å²) < 4.78 is 4.53. The summed E-state index contributed by atoms with van der Waals surface area (Å²) in [6, 6.07) is 13.8. The van der Waals surface area contributed by atoms with Gasteiger partial charge in [-0.05, 0) is 74.8 Å². The maximum absolute atomic E-state index is 2.34. The molecule has 0 aliphatic carbocycles. The van der Waals surface area contributed by atoms with Crippen molar-refractivity contribution in [2.45, 2.75) is 6.04 Å². The average molecular weight is 385 g/mol. The molecule has 27 heavy (non-hydrogen) atoms. The van der Waals surface area contributed by atoms with Crippen LogP contribution in [-0.4, -0.2) is 14.9 Å². The van der Waals surface area contributed by atoms with Crippen LogP contribution in [0.4, 0.5) is 0 Å². The van der Waals surface area contributed by atoms with E-state index in [2.05, 4.69) is 98.9 Å². The van der Waals surface area contributed by atoms with Gasteiger partial charge < -0.3 is 8.87 Å². The lowest BCUT2D eigenvalue weighted by molar-refractivity contribution is 0.607. The number of allylic oxidation sites excluding steroid dienone is 2. The molecule has 4 aromatic rings. The fraction of sp³-hybridized carbons (Fsp3) is 0.0435. The summed E-state index contributed by atoms with van der Waals surface area (Å²) in [7, 11) is 0. The molecule has 4 heterocycles. The highest BCUT2D eigenvalue weighted by Crippen LogP contribution is 2.41. The third kappa shape index (κ3) is 2.56. The van der Waals surface area contributed by atoms with Gasteiger partial charge in [0.25, 0.3) is 0 Å². The molecule has 2 aliphatic heterocycles. The second kappa shape index (κ2) is 5.91. The van der Waals surface area contributed by atoms with E-state index in [-0.39, 0.29) is 0 Å². The second-order valence-electron chi connectivity index (χ2n) is 6.89. The molecule has 2 aromatic heterocycles. The van der Waals surface area contributed by atoms with Crippen molar-refractivity contribution >= 4 is 49.7 Å². The van der Waals surface area contributed by atoms with Crippen molar-refractivity contribution in [3.63, 3.8) is 0 Å². The quantitative estimate of drug-likeness (QED) is 0.360. The van der Waals surface area contributed by atoms with Crippen LogP contribution in [0.1, 0.15) is 5.56 Å². The van der Waals surface area contributed by atoms with Crippen molar-refractivity contribution in [1.82, 2.24) is 8.87 Å². The van der Waals surface area contributed by atoms with E-state index >= 15 is 0 Å². The molecule has 2 aliphatic rings. The highest BCUT2D eigenvalue weighted by Gasteiger charge is 2.23. The number of aromatic nitrogens is 1. The van der Waals surface area contributed by atoms with Gasteiger partial charge in [-0.3, -0.25) is 0 Å². The van der Waals surface area contributed by atoms with Gasteiger partial charge in [-0.2, -0.15) is 11.3 Å². The molecular formula is C23H16N2S2. The molecule has 130 valence electrons. The Labute approximate surface area is 165 Å². The number of hydrogen-bond donors (Lipinski definition) is 0. The van der Waals surface area contributed by atoms with E-state index in [9.17, 15) is 0 Å². The third-order valence-electron chi connectivity index (χ3n) is 5.16. The highest BCUT2D eigenvalue weighted by molar-refractivity contribution is 8.06. The van der Waals surface area contributed by atoms with Crippen LogP contribution < -0.4 is 0 Å². The summed E-state index contributed by atoms with van der Waals surface area (Å²) in [6.07, 6.45) is 15.4. The number of nitrogens with zero attached hydrogens (tertiary/aromatic N) is 2. The third-order valence-corrected chi connectivity index (χ3v) is 7.08. The molecule has 0 saturated heterocycles. The molecule has 2 nitrogen and oxygen atoms in total. The summed E-state index contributed by atoms with van der Waals surface area (Å²) in [5.74, 6) is 0. The van der Waals surface area contributed by atoms with Gasteiger partial charge in [-0.25, -0.2) is 0 Å². The van der Waals surface area contributed by atoms with Gasteiger partial charge in [-0.15, -0.1) is 0 Å². The molecule has 4 heteroatoms. The van der Waals surface area contributed by atoms with Crippen molar-refractivity contribution < 1.29 is 0 Å². The molecule has 0 saturated carbocycles. The zero-order chi connectivity index (χ0) is 17.8. The summed E-state index contributed by atoms with van der Waals surface area (Å²) in [4.78, 5) is 1.32. The van der Waals surface area contributed by atoms with Crippen molar-refractivity contribution in [1.29, 1.82) is 0 Å². The maximum atomic E-state index is 2.34. The highest BCUT2D eigenvalue weighted by atomic mass is 32.2. The van der Waals surface area contributed by atoms with E-state index in [1.807, 2.05) is 11.9 Å². The fourth-order valence-electron chi connectivity index (χ4n) is 3.72. The molecular weight excluding hydrogens is 368 g/mol. The summed E-state index contributed by atoms with van der Waals surface area (Å²) in [5, 5.41) is 9.57. The van der Waals surface area contributed by atoms with E-state index in [1.165, 1.54) is 37.7 Å². The minimum absolute atomic E-state index is 0.368. The molecule has 1 atom stereocenters. The first kappa shape index (κ1) is 15.4. The van der Waals surface area contributed by atoms with Crippen LogP contribution >= 0.6 is 23.3 Å². The Hall–Kier alpha value is -2.69. The first-order valence-electron chi connectivity index (χ1n) is 8.95. The minimum Gasteiger partial charge on any atom is -0.323 e. The van der Waals surface area contributed by atoms with E-state index in [0.29, 0.717) is 6.04 Å². The first-order valence-corrected chi connectivity index (χ1v) is 10.7. The molecule has 6 rings (SSSR count). The van der Waals surface area contributed by atoms with Crippen LogP contribution in [0.15, 0.2) is 90.1 Å². The predicted molar refractivity (Wildman–Crippen MR) is 118 cm³/mol. The Morgan fingerprint density at radius 2 is 1.70 bits per heavy atom. The van der Waals surface area contributed by atoms with Gasteiger partial charge >= 0.3 is 0 Å². The monoisotopic (exact) mass is 384 g/mol. The van der Waals surface area contributed by atoms with Gasteiger partial charge in [0.15, 0.2) is 0 Å². The van der Waals surface area contributed by atoms with Crippen LogP contribution in [0.3, 0.4) is 0 Å². The molecule has 0 spiro atoms. The van der Waals surface area contributed by atoms with Crippen molar-refractivity contribution in [3.05, 3.63) is 95.6 Å². The number of thiophene rings is 1. The number of rotatable bonds is 2. The Bertz CT molecular complexity index is 1270. The van der Waals surface area contributed by atoms with E-state index in [4.69, 9.17) is 0 Å². The van der Waals surface area contributed by atoms with Crippen molar-refractivity contribution in [3.8, 4) is 5.69 Å². The van der Waals surface area contributed by atoms with Gasteiger partial charge in [0.05, 0.1) is 6.04 Å². The summed E-state index contributed by atoms with van der Waals surface area (Å²) in [6.45, 7) is 0. The molecule has 1 unspecified atom stereocenters. The Morgan fingerprint density at radius 3 is 2.67 bits per heavy atom. The minimum atomic E-state index is 0.368. The van der Waals surface area contributed by atoms with E-state index in [1.54, 1.807) is 11.3 Å². The predicted octanol–water partition coefficient (Wildman–Crippen LogP) is 6.60. The standard InChI is InChI=1S/C23H16N2S2/c1-2-8-25-22(3-1)11-23(27-25)16-4-5-17-12-24(13-19(17)9-16)21-7-6-18-14-26-15-20(18)10-21/h1-15,22H. The largest absolute Gasteiger partial charge is 0.323 e. The fourth-order valence-corrected chi connectivity index (χ4v) is 5.55. The average Bonchev–Trinajstić information content (AvgIpc) is 3.42. The van der Waals surface area contributed by atoms with Gasteiger partial charge in [0.2, 0.25) is 0 Å². The SMILES string of the molecule is C1=CC2C=C(c3ccc4cn(-c5ccc6cscc6c5)cc4c3)SN2C=C1. The maximum Gasteiger partial charge on any atom is 0.0781 e. The Morgan fingerprint density at radius 1 is 0.815 bits per heavy atom. The molecule has 0 bridgehead atoms. The van der Waals surface area contributed by atoms with Crippen LogP contribution in [-0.2, 0) is 0 Å². The molecule has 0 amide bonds. The Balaban J connectivity index is 1.39. The topological polar surface area (TPSA) is 8.17 Å². The van der Waals surface area contributed by atoms with Gasteiger partial charge in [-0.1, -0.05) is 30.4 Å². The number of hydrogen-bond acceptors (Lipinski definition) is 3. The van der Waals surface area contributed by atoms with Crippen LogP contribution in [0.5, 0.6) is 0 Å². The van der Waals surface area contributed by atoms with E-state index < -0.39 is 0 Å². The smallest absolute Gasteiger partial charge is 0.0781 e. The van der Waals surface area contributed by atoms with Crippen molar-refractivity contribution in [2.24, 2.45) is 0 Å². The molecule has 0 N–H and O–H groups in total. The lowest BCUT2D eigenvalue weighted by Crippen LogP contribution is -2.17. The molecule has 0 radical (unpaired) electrons. The van der Waals surface area contributed by atoms with Gasteiger partial charge in [0, 0.05) is 34.6 Å². The second-order valence-corrected chi connectivity index (χ2v) is 8.68. The van der Waals surface area contributed by atoms with Crippen LogP contribution in [0.25, 0.3) is 32.1 Å². The lowest BCUT2D eigenvalue weighted by Gasteiger charge is -2.20. The van der Waals surface area contributed by atoms with Crippen LogP contribution in [0, 0.1) is 0 Å². The first-order chi connectivity index (χ1) is 13.3. The molecule has 0 fully saturated rings. The lowest BCUT2D eigenvalue weighted by atomic mass is 10.1. The zero-order valence-corrected chi connectivity index (χ0v) is 16.1. The number of benzene rings is 2. The number of fused-ring (bicyclic) bond motifs is 3. The Kier molecular flexibility index (Phi) is 3.37. The normalized spacial score (nSPS) is 18.4. The molecule has 2 aromatic carbocycles.